The van der Waals surface area contributed by atoms with E-state index in [4.69, 9.17) is 11.6 Å². The van der Waals surface area contributed by atoms with Crippen LogP contribution >= 0.6 is 27.5 Å². The van der Waals surface area contributed by atoms with Crippen molar-refractivity contribution < 1.29 is 4.79 Å². The first-order valence-corrected chi connectivity index (χ1v) is 8.00. The number of nitrogens with zero attached hydrogens (tertiary/aromatic N) is 2. The zero-order valence-electron chi connectivity index (χ0n) is 11.6. The summed E-state index contributed by atoms with van der Waals surface area (Å²) in [4.78, 5) is 12.5. The average molecular weight is 369 g/mol. The highest BCUT2D eigenvalue weighted by Gasteiger charge is 2.25. The summed E-state index contributed by atoms with van der Waals surface area (Å²) < 4.78 is 2.61. The second-order valence-electron chi connectivity index (χ2n) is 5.19. The van der Waals surface area contributed by atoms with Gasteiger partial charge in [-0.1, -0.05) is 17.7 Å². The molecule has 110 valence electrons. The van der Waals surface area contributed by atoms with Gasteiger partial charge in [-0.2, -0.15) is 5.10 Å². The van der Waals surface area contributed by atoms with Crippen molar-refractivity contribution >= 4 is 33.4 Å². The first-order valence-electron chi connectivity index (χ1n) is 6.83. The lowest BCUT2D eigenvalue weighted by Crippen LogP contribution is -2.31. The highest BCUT2D eigenvalue weighted by Crippen LogP contribution is 2.31. The van der Waals surface area contributed by atoms with E-state index in [9.17, 15) is 4.79 Å². The van der Waals surface area contributed by atoms with Crippen molar-refractivity contribution in [3.05, 3.63) is 50.7 Å². The Kier molecular flexibility index (Phi) is 4.04. The fraction of sp³-hybridized carbons (Fsp3) is 0.333. The summed E-state index contributed by atoms with van der Waals surface area (Å²) >= 11 is 9.53. The molecule has 1 N–H and O–H groups in total. The number of amides is 1. The molecule has 4 nitrogen and oxygen atoms in total. The van der Waals surface area contributed by atoms with Crippen molar-refractivity contribution in [1.29, 1.82) is 0 Å². The van der Waals surface area contributed by atoms with Crippen molar-refractivity contribution in [2.75, 3.05) is 0 Å². The van der Waals surface area contributed by atoms with Crippen molar-refractivity contribution in [1.82, 2.24) is 15.1 Å². The molecule has 1 aromatic heterocycles. The molecule has 0 bridgehead atoms. The summed E-state index contributed by atoms with van der Waals surface area (Å²) in [6.45, 7) is 0. The lowest BCUT2D eigenvalue weighted by molar-refractivity contribution is 0.0932. The number of aromatic nitrogens is 2. The first-order chi connectivity index (χ1) is 10.1. The van der Waals surface area contributed by atoms with Gasteiger partial charge < -0.3 is 5.32 Å². The third-order valence-corrected chi connectivity index (χ3v) is 5.17. The molecule has 0 fully saturated rings. The van der Waals surface area contributed by atoms with Crippen LogP contribution < -0.4 is 5.32 Å². The number of hydrogen-bond acceptors (Lipinski definition) is 2. The summed E-state index contributed by atoms with van der Waals surface area (Å²) in [7, 11) is 1.94. The number of nitrogens with one attached hydrogen (secondary N) is 1. The third-order valence-electron chi connectivity index (χ3n) is 3.88. The van der Waals surface area contributed by atoms with Crippen molar-refractivity contribution in [2.24, 2.45) is 7.05 Å². The van der Waals surface area contributed by atoms with Crippen LogP contribution in [-0.2, 0) is 13.5 Å². The molecule has 0 saturated heterocycles. The minimum atomic E-state index is -0.150. The quantitative estimate of drug-likeness (QED) is 0.879. The number of benzene rings is 1. The number of halogens is 2. The Bertz CT molecular complexity index is 698. The molecule has 0 aliphatic heterocycles. The van der Waals surface area contributed by atoms with Crippen LogP contribution in [0.25, 0.3) is 0 Å². The molecule has 2 aromatic rings. The zero-order valence-corrected chi connectivity index (χ0v) is 13.9. The fourth-order valence-electron chi connectivity index (χ4n) is 2.77. The standard InChI is InChI=1S/C15H15BrClN3O/c1-20-13-7-3-6-12(10(13)8-18-20)19-15(21)9-4-2-5-11(16)14(9)17/h2,4-5,8,12H,3,6-7H2,1H3,(H,19,21). The van der Waals surface area contributed by atoms with Crippen molar-refractivity contribution in [3.63, 3.8) is 0 Å². The second-order valence-corrected chi connectivity index (χ2v) is 6.42. The van der Waals surface area contributed by atoms with E-state index in [2.05, 4.69) is 26.3 Å². The molecule has 0 radical (unpaired) electrons. The van der Waals surface area contributed by atoms with E-state index < -0.39 is 0 Å². The van der Waals surface area contributed by atoms with Crippen LogP contribution in [0.15, 0.2) is 28.9 Å². The minimum absolute atomic E-state index is 0.00463. The Hall–Kier alpha value is -1.33. The summed E-state index contributed by atoms with van der Waals surface area (Å²) in [6, 6.07) is 5.36. The molecule has 1 aliphatic carbocycles. The van der Waals surface area contributed by atoms with E-state index >= 15 is 0 Å². The molecule has 1 aliphatic rings. The SMILES string of the molecule is Cn1ncc2c1CCCC2NC(=O)c1cccc(Br)c1Cl. The molecule has 1 heterocycles. The maximum absolute atomic E-state index is 12.5. The predicted octanol–water partition coefficient (Wildman–Crippen LogP) is 3.64. The van der Waals surface area contributed by atoms with Crippen LogP contribution in [0.1, 0.15) is 40.5 Å². The molecule has 21 heavy (non-hydrogen) atoms. The van der Waals surface area contributed by atoms with Gasteiger partial charge in [0.25, 0.3) is 5.91 Å². The van der Waals surface area contributed by atoms with E-state index in [0.29, 0.717) is 10.6 Å². The van der Waals surface area contributed by atoms with Gasteiger partial charge in [0.15, 0.2) is 0 Å². The average Bonchev–Trinajstić information content (AvgIpc) is 2.85. The molecular formula is C15H15BrClN3O. The summed E-state index contributed by atoms with van der Waals surface area (Å²) in [6.07, 6.45) is 4.83. The molecule has 1 amide bonds. The van der Waals surface area contributed by atoms with Gasteiger partial charge in [-0.3, -0.25) is 9.48 Å². The maximum Gasteiger partial charge on any atom is 0.253 e. The highest BCUT2D eigenvalue weighted by molar-refractivity contribution is 9.10. The number of carbonyl (C=O) groups is 1. The minimum Gasteiger partial charge on any atom is -0.345 e. The zero-order chi connectivity index (χ0) is 15.0. The predicted molar refractivity (Wildman–Crippen MR) is 85.5 cm³/mol. The van der Waals surface area contributed by atoms with E-state index in [-0.39, 0.29) is 11.9 Å². The molecule has 6 heteroatoms. The number of hydrogen-bond donors (Lipinski definition) is 1. The highest BCUT2D eigenvalue weighted by atomic mass is 79.9. The monoisotopic (exact) mass is 367 g/mol. The van der Waals surface area contributed by atoms with Crippen LogP contribution in [0, 0.1) is 0 Å². The Labute approximate surface area is 136 Å². The Balaban J connectivity index is 1.84. The van der Waals surface area contributed by atoms with E-state index in [1.165, 1.54) is 5.69 Å². The normalized spacial score (nSPS) is 17.4. The molecule has 1 unspecified atom stereocenters. The molecule has 3 rings (SSSR count). The van der Waals surface area contributed by atoms with Gasteiger partial charge in [0.2, 0.25) is 0 Å². The summed E-state index contributed by atoms with van der Waals surface area (Å²) in [5, 5.41) is 7.81. The first kappa shape index (κ1) is 14.6. The number of carbonyl (C=O) groups excluding carboxylic acids is 1. The lowest BCUT2D eigenvalue weighted by atomic mass is 9.93. The fourth-order valence-corrected chi connectivity index (χ4v) is 3.35. The summed E-state index contributed by atoms with van der Waals surface area (Å²) in [5.41, 5.74) is 2.80. The van der Waals surface area contributed by atoms with Gasteiger partial charge in [0, 0.05) is 22.8 Å². The third kappa shape index (κ3) is 2.72. The van der Waals surface area contributed by atoms with Gasteiger partial charge in [-0.05, 0) is 47.3 Å². The van der Waals surface area contributed by atoms with Crippen LogP contribution in [0.2, 0.25) is 5.02 Å². The van der Waals surface area contributed by atoms with Crippen LogP contribution in [0.5, 0.6) is 0 Å². The number of aryl methyl sites for hydroxylation is 1. The van der Waals surface area contributed by atoms with Crippen LogP contribution in [0.4, 0.5) is 0 Å². The second kappa shape index (κ2) is 5.81. The van der Waals surface area contributed by atoms with Crippen LogP contribution in [0.3, 0.4) is 0 Å². The topological polar surface area (TPSA) is 46.9 Å². The Morgan fingerprint density at radius 1 is 1.52 bits per heavy atom. The van der Waals surface area contributed by atoms with Gasteiger partial charge in [-0.15, -0.1) is 0 Å². The van der Waals surface area contributed by atoms with Crippen molar-refractivity contribution in [2.45, 2.75) is 25.3 Å². The lowest BCUT2D eigenvalue weighted by Gasteiger charge is -2.24. The van der Waals surface area contributed by atoms with Crippen molar-refractivity contribution in [3.8, 4) is 0 Å². The number of rotatable bonds is 2. The summed E-state index contributed by atoms with van der Waals surface area (Å²) in [5.74, 6) is -0.150. The smallest absolute Gasteiger partial charge is 0.253 e. The number of fused-ring (bicyclic) bond motifs is 1. The largest absolute Gasteiger partial charge is 0.345 e. The molecular weight excluding hydrogens is 354 g/mol. The van der Waals surface area contributed by atoms with Gasteiger partial charge in [-0.25, -0.2) is 0 Å². The molecule has 1 aromatic carbocycles. The van der Waals surface area contributed by atoms with E-state index in [0.717, 1.165) is 29.3 Å². The van der Waals surface area contributed by atoms with E-state index in [1.54, 1.807) is 12.1 Å². The molecule has 0 spiro atoms. The van der Waals surface area contributed by atoms with Gasteiger partial charge in [0.1, 0.15) is 0 Å². The maximum atomic E-state index is 12.5. The van der Waals surface area contributed by atoms with E-state index in [1.807, 2.05) is 24.0 Å². The van der Waals surface area contributed by atoms with Crippen LogP contribution in [-0.4, -0.2) is 15.7 Å². The Morgan fingerprint density at radius 3 is 3.14 bits per heavy atom. The molecule has 0 saturated carbocycles. The molecule has 1 atom stereocenters. The Morgan fingerprint density at radius 2 is 2.33 bits per heavy atom. The van der Waals surface area contributed by atoms with Gasteiger partial charge >= 0.3 is 0 Å². The van der Waals surface area contributed by atoms with Gasteiger partial charge in [0.05, 0.1) is 22.8 Å².